The predicted octanol–water partition coefficient (Wildman–Crippen LogP) is 4.36. The van der Waals surface area contributed by atoms with Gasteiger partial charge in [-0.25, -0.2) is 0 Å². The van der Waals surface area contributed by atoms with Crippen LogP contribution in [-0.4, -0.2) is 0 Å². The van der Waals surface area contributed by atoms with Gasteiger partial charge in [0.2, 0.25) is 0 Å². The third kappa shape index (κ3) is 5.35. The molecule has 0 atom stereocenters. The summed E-state index contributed by atoms with van der Waals surface area (Å²) in [4.78, 5) is 0. The Morgan fingerprint density at radius 3 is 1.75 bits per heavy atom. The van der Waals surface area contributed by atoms with Gasteiger partial charge in [-0.1, -0.05) is 56.3 Å². The zero-order valence-electron chi connectivity index (χ0n) is 8.00. The van der Waals surface area contributed by atoms with Crippen molar-refractivity contribution in [3.63, 3.8) is 0 Å². The van der Waals surface area contributed by atoms with Crippen molar-refractivity contribution in [3.8, 4) is 0 Å². The van der Waals surface area contributed by atoms with Crippen molar-refractivity contribution in [2.75, 3.05) is 0 Å². The Labute approximate surface area is 92.7 Å². The van der Waals surface area contributed by atoms with E-state index in [2.05, 4.69) is 18.7 Å². The summed E-state index contributed by atoms with van der Waals surface area (Å²) in [6, 6.07) is 10.2. The molecule has 1 rings (SSSR count). The van der Waals surface area contributed by atoms with Crippen molar-refractivity contribution >= 4 is 29.5 Å². The second kappa shape index (κ2) is 8.78. The maximum Gasteiger partial charge on any atom is -0.0233 e. The van der Waals surface area contributed by atoms with E-state index in [1.165, 1.54) is 5.56 Å². The zero-order valence-corrected chi connectivity index (χ0v) is 10.3. The van der Waals surface area contributed by atoms with Gasteiger partial charge >= 0.3 is 0 Å². The van der Waals surface area contributed by atoms with Gasteiger partial charge in [-0.05, 0) is 12.5 Å². The summed E-state index contributed by atoms with van der Waals surface area (Å²) < 4.78 is 0. The molecule has 0 heterocycles. The highest BCUT2D eigenvalue weighted by Crippen LogP contribution is 2.08. The minimum absolute atomic E-state index is 0. The summed E-state index contributed by atoms with van der Waals surface area (Å²) in [7, 11) is 0. The Hall–Kier alpha value is -0.310. The second-order valence-corrected chi connectivity index (χ2v) is 2.15. The van der Waals surface area contributed by atoms with Crippen LogP contribution in [-0.2, 0) is 0 Å². The van der Waals surface area contributed by atoms with E-state index in [1.54, 1.807) is 0 Å². The monoisotopic (exact) mass is 276 g/mol. The second-order valence-electron chi connectivity index (χ2n) is 2.15. The Morgan fingerprint density at radius 2 is 1.50 bits per heavy atom. The summed E-state index contributed by atoms with van der Waals surface area (Å²) in [6.45, 7) is 9.83. The topological polar surface area (TPSA) is 0 Å². The lowest BCUT2D eigenvalue weighted by atomic mass is 10.1. The van der Waals surface area contributed by atoms with E-state index in [9.17, 15) is 0 Å². The standard InChI is InChI=1S/C9H10.C2H6.HI/c1-8(2)9-6-4-3-5-7-9;1-2;/h3-7H,1H2,2H3;1-2H3;1H. The molecule has 0 radical (unpaired) electrons. The van der Waals surface area contributed by atoms with E-state index in [0.717, 1.165) is 5.57 Å². The minimum atomic E-state index is 0. The van der Waals surface area contributed by atoms with Crippen molar-refractivity contribution < 1.29 is 0 Å². The number of hydrogen-bond acceptors (Lipinski definition) is 0. The normalized spacial score (nSPS) is 7.25. The first kappa shape index (κ1) is 14.2. The molecule has 0 bridgehead atoms. The van der Waals surface area contributed by atoms with Crippen LogP contribution in [0, 0.1) is 0 Å². The maximum absolute atomic E-state index is 3.83. The molecule has 0 amide bonds. The molecule has 1 aromatic rings. The van der Waals surface area contributed by atoms with Crippen molar-refractivity contribution in [2.45, 2.75) is 20.8 Å². The number of halogens is 1. The molecule has 0 saturated carbocycles. The number of hydrogen-bond donors (Lipinski definition) is 0. The summed E-state index contributed by atoms with van der Waals surface area (Å²) in [6.07, 6.45) is 0. The lowest BCUT2D eigenvalue weighted by molar-refractivity contribution is 1.50. The molecule has 68 valence electrons. The van der Waals surface area contributed by atoms with Gasteiger partial charge in [-0.15, -0.1) is 24.0 Å². The molecular weight excluding hydrogens is 259 g/mol. The number of benzene rings is 1. The first-order chi connectivity index (χ1) is 5.30. The quantitative estimate of drug-likeness (QED) is 0.668. The van der Waals surface area contributed by atoms with Gasteiger partial charge in [0.05, 0.1) is 0 Å². The lowest BCUT2D eigenvalue weighted by Crippen LogP contribution is -1.72. The van der Waals surface area contributed by atoms with E-state index in [0.29, 0.717) is 0 Å². The number of allylic oxidation sites excluding steroid dienone is 1. The highest BCUT2D eigenvalue weighted by atomic mass is 127. The number of rotatable bonds is 1. The molecule has 0 N–H and O–H groups in total. The summed E-state index contributed by atoms with van der Waals surface area (Å²) >= 11 is 0. The van der Waals surface area contributed by atoms with Crippen LogP contribution in [0.15, 0.2) is 36.9 Å². The molecule has 0 aliphatic carbocycles. The minimum Gasteiger partial charge on any atom is -0.107 e. The molecule has 0 fully saturated rings. The first-order valence-corrected chi connectivity index (χ1v) is 4.01. The van der Waals surface area contributed by atoms with Crippen molar-refractivity contribution in [2.24, 2.45) is 0 Å². The summed E-state index contributed by atoms with van der Waals surface area (Å²) in [5.74, 6) is 0. The van der Waals surface area contributed by atoms with Crippen molar-refractivity contribution in [1.82, 2.24) is 0 Å². The van der Waals surface area contributed by atoms with Crippen LogP contribution in [0.5, 0.6) is 0 Å². The van der Waals surface area contributed by atoms with Crippen LogP contribution in [0.25, 0.3) is 5.57 Å². The average Bonchev–Trinajstić information content (AvgIpc) is 2.10. The highest BCUT2D eigenvalue weighted by Gasteiger charge is 1.86. The molecule has 0 aliphatic rings. The molecular formula is C11H17I. The maximum atomic E-state index is 3.83. The molecule has 0 saturated heterocycles. The Balaban J connectivity index is 0. The van der Waals surface area contributed by atoms with Gasteiger partial charge in [0.1, 0.15) is 0 Å². The Bertz CT molecular complexity index is 202. The SMILES string of the molecule is C=C(C)c1ccccc1.CC.I. The van der Waals surface area contributed by atoms with Crippen LogP contribution < -0.4 is 0 Å². The lowest BCUT2D eigenvalue weighted by Gasteiger charge is -1.94. The highest BCUT2D eigenvalue weighted by molar-refractivity contribution is 14.0. The molecule has 0 nitrogen and oxygen atoms in total. The van der Waals surface area contributed by atoms with Crippen LogP contribution in [0.4, 0.5) is 0 Å². The molecule has 12 heavy (non-hydrogen) atoms. The van der Waals surface area contributed by atoms with E-state index in [1.807, 2.05) is 39.0 Å². The van der Waals surface area contributed by atoms with E-state index >= 15 is 0 Å². The summed E-state index contributed by atoms with van der Waals surface area (Å²) in [5, 5.41) is 0. The van der Waals surface area contributed by atoms with Crippen LogP contribution in [0.1, 0.15) is 26.3 Å². The van der Waals surface area contributed by atoms with Crippen LogP contribution >= 0.6 is 24.0 Å². The molecule has 0 unspecified atom stereocenters. The molecule has 0 spiro atoms. The molecule has 0 aromatic heterocycles. The van der Waals surface area contributed by atoms with Crippen molar-refractivity contribution in [1.29, 1.82) is 0 Å². The van der Waals surface area contributed by atoms with Gasteiger partial charge in [0, 0.05) is 0 Å². The van der Waals surface area contributed by atoms with Crippen LogP contribution in [0.2, 0.25) is 0 Å². The van der Waals surface area contributed by atoms with Gasteiger partial charge in [-0.3, -0.25) is 0 Å². The third-order valence-electron chi connectivity index (χ3n) is 1.27. The van der Waals surface area contributed by atoms with Gasteiger partial charge in [0.15, 0.2) is 0 Å². The molecule has 0 aliphatic heterocycles. The van der Waals surface area contributed by atoms with E-state index in [4.69, 9.17) is 0 Å². The largest absolute Gasteiger partial charge is 0.107 e. The van der Waals surface area contributed by atoms with E-state index < -0.39 is 0 Å². The fourth-order valence-electron chi connectivity index (χ4n) is 0.723. The van der Waals surface area contributed by atoms with E-state index in [-0.39, 0.29) is 24.0 Å². The fourth-order valence-corrected chi connectivity index (χ4v) is 0.723. The predicted molar refractivity (Wildman–Crippen MR) is 67.9 cm³/mol. The average molecular weight is 276 g/mol. The smallest absolute Gasteiger partial charge is 0.0233 e. The van der Waals surface area contributed by atoms with Gasteiger partial charge in [0.25, 0.3) is 0 Å². The first-order valence-electron chi connectivity index (χ1n) is 4.01. The van der Waals surface area contributed by atoms with Crippen molar-refractivity contribution in [3.05, 3.63) is 42.5 Å². The van der Waals surface area contributed by atoms with Crippen LogP contribution in [0.3, 0.4) is 0 Å². The van der Waals surface area contributed by atoms with Gasteiger partial charge in [-0.2, -0.15) is 0 Å². The fraction of sp³-hybridized carbons (Fsp3) is 0.273. The molecule has 1 aromatic carbocycles. The Morgan fingerprint density at radius 1 is 1.08 bits per heavy atom. The summed E-state index contributed by atoms with van der Waals surface area (Å²) in [5.41, 5.74) is 2.34. The Kier molecular flexibility index (Phi) is 10.4. The third-order valence-corrected chi connectivity index (χ3v) is 1.27. The molecule has 1 heteroatoms. The zero-order chi connectivity index (χ0) is 8.69. The van der Waals surface area contributed by atoms with Gasteiger partial charge < -0.3 is 0 Å².